The lowest BCUT2D eigenvalue weighted by Crippen LogP contribution is -2.28. The molecule has 0 N–H and O–H groups in total. The SMILES string of the molecule is C1CCC([C@H]2CC[C@H](C3CCCCC3)P2C2CCCCC2)CC1. The fourth-order valence-corrected chi connectivity index (χ4v) is 11.8. The van der Waals surface area contributed by atoms with Gasteiger partial charge in [-0.3, -0.25) is 0 Å². The van der Waals surface area contributed by atoms with Crippen LogP contribution in [0.4, 0.5) is 0 Å². The van der Waals surface area contributed by atoms with Gasteiger partial charge in [-0.15, -0.1) is 0 Å². The molecule has 0 spiro atoms. The standard InChI is InChI=1S/C22H39P/c1-4-10-18(11-5-1)21-16-17-22(19-12-6-2-7-13-19)23(21)20-14-8-3-9-15-20/h18-22H,1-17H2/t21-,22-/m1/s1. The predicted molar refractivity (Wildman–Crippen MR) is 104 cm³/mol. The molecule has 0 aromatic rings. The van der Waals surface area contributed by atoms with Crippen molar-refractivity contribution in [2.75, 3.05) is 0 Å². The summed E-state index contributed by atoms with van der Waals surface area (Å²) in [6.45, 7) is 0. The number of rotatable bonds is 3. The van der Waals surface area contributed by atoms with Crippen molar-refractivity contribution in [2.45, 2.75) is 126 Å². The third-order valence-corrected chi connectivity index (χ3v) is 12.2. The lowest BCUT2D eigenvalue weighted by Gasteiger charge is -2.43. The maximum atomic E-state index is 1.65. The summed E-state index contributed by atoms with van der Waals surface area (Å²) in [5.41, 5.74) is 3.61. The van der Waals surface area contributed by atoms with Gasteiger partial charge in [0.2, 0.25) is 0 Å². The van der Waals surface area contributed by atoms with Gasteiger partial charge in [-0.1, -0.05) is 65.7 Å². The Kier molecular flexibility index (Phi) is 6.02. The maximum Gasteiger partial charge on any atom is -0.0176 e. The third kappa shape index (κ3) is 3.83. The van der Waals surface area contributed by atoms with Gasteiger partial charge < -0.3 is 0 Å². The second kappa shape index (κ2) is 8.21. The molecule has 4 rings (SSSR count). The highest BCUT2D eigenvalue weighted by molar-refractivity contribution is 7.60. The van der Waals surface area contributed by atoms with Crippen molar-refractivity contribution < 1.29 is 0 Å². The molecule has 23 heavy (non-hydrogen) atoms. The zero-order valence-electron chi connectivity index (χ0n) is 15.4. The average molecular weight is 335 g/mol. The molecule has 1 heterocycles. The molecule has 0 radical (unpaired) electrons. The Morgan fingerprint density at radius 3 is 1.22 bits per heavy atom. The van der Waals surface area contributed by atoms with Gasteiger partial charge in [-0.25, -0.2) is 0 Å². The summed E-state index contributed by atoms with van der Waals surface area (Å²) < 4.78 is 0. The lowest BCUT2D eigenvalue weighted by atomic mass is 9.83. The van der Waals surface area contributed by atoms with Crippen molar-refractivity contribution in [3.05, 3.63) is 0 Å². The van der Waals surface area contributed by atoms with E-state index >= 15 is 0 Å². The summed E-state index contributed by atoms with van der Waals surface area (Å²) in [7, 11) is 0.364. The van der Waals surface area contributed by atoms with Crippen molar-refractivity contribution in [2.24, 2.45) is 11.8 Å². The highest BCUT2D eigenvalue weighted by Gasteiger charge is 2.46. The Morgan fingerprint density at radius 2 is 0.783 bits per heavy atom. The van der Waals surface area contributed by atoms with Gasteiger partial charge in [0, 0.05) is 0 Å². The molecule has 1 saturated heterocycles. The third-order valence-electron chi connectivity index (χ3n) is 7.91. The van der Waals surface area contributed by atoms with Gasteiger partial charge in [0.15, 0.2) is 0 Å². The van der Waals surface area contributed by atoms with E-state index in [1.807, 2.05) is 0 Å². The van der Waals surface area contributed by atoms with Gasteiger partial charge in [-0.05, 0) is 80.2 Å². The van der Waals surface area contributed by atoms with E-state index in [9.17, 15) is 0 Å². The van der Waals surface area contributed by atoms with Crippen LogP contribution in [0.1, 0.15) is 109 Å². The van der Waals surface area contributed by atoms with Gasteiger partial charge >= 0.3 is 0 Å². The first-order valence-electron chi connectivity index (χ1n) is 11.2. The van der Waals surface area contributed by atoms with Crippen LogP contribution < -0.4 is 0 Å². The molecule has 4 fully saturated rings. The van der Waals surface area contributed by atoms with Crippen LogP contribution in [0.25, 0.3) is 0 Å². The summed E-state index contributed by atoms with van der Waals surface area (Å²) >= 11 is 0. The molecule has 0 amide bonds. The lowest BCUT2D eigenvalue weighted by molar-refractivity contribution is 0.332. The van der Waals surface area contributed by atoms with E-state index in [0.29, 0.717) is 7.92 Å². The monoisotopic (exact) mass is 334 g/mol. The van der Waals surface area contributed by atoms with Gasteiger partial charge in [-0.2, -0.15) is 0 Å². The van der Waals surface area contributed by atoms with Crippen LogP contribution in [0, 0.1) is 11.8 Å². The van der Waals surface area contributed by atoms with E-state index in [1.54, 1.807) is 96.3 Å². The summed E-state index contributed by atoms with van der Waals surface area (Å²) in [5.74, 6) is 2.32. The Labute approximate surface area is 146 Å². The molecule has 1 aliphatic heterocycles. The molecule has 2 atom stereocenters. The smallest absolute Gasteiger partial charge is 0.0176 e. The largest absolute Gasteiger partial charge is 0.0966 e. The van der Waals surface area contributed by atoms with Crippen molar-refractivity contribution >= 4 is 7.92 Å². The summed E-state index contributed by atoms with van der Waals surface area (Å²) in [4.78, 5) is 0. The van der Waals surface area contributed by atoms with E-state index in [1.165, 1.54) is 29.8 Å². The Balaban J connectivity index is 1.50. The minimum atomic E-state index is 0.364. The zero-order valence-corrected chi connectivity index (χ0v) is 16.2. The van der Waals surface area contributed by atoms with E-state index < -0.39 is 0 Å². The molecule has 0 unspecified atom stereocenters. The molecule has 4 aliphatic rings. The molecule has 0 bridgehead atoms. The van der Waals surface area contributed by atoms with Gasteiger partial charge in [0.25, 0.3) is 0 Å². The van der Waals surface area contributed by atoms with Gasteiger partial charge in [0.05, 0.1) is 0 Å². The minimum absolute atomic E-state index is 0.364. The average Bonchev–Trinajstić information content (AvgIpc) is 3.09. The van der Waals surface area contributed by atoms with Crippen LogP contribution in [-0.2, 0) is 0 Å². The van der Waals surface area contributed by atoms with Crippen molar-refractivity contribution in [1.29, 1.82) is 0 Å². The first kappa shape index (κ1) is 16.9. The minimum Gasteiger partial charge on any atom is -0.0966 e. The Morgan fingerprint density at radius 1 is 0.391 bits per heavy atom. The quantitative estimate of drug-likeness (QED) is 0.469. The molecule has 3 aliphatic carbocycles. The second-order valence-corrected chi connectivity index (χ2v) is 12.2. The van der Waals surface area contributed by atoms with Crippen LogP contribution >= 0.6 is 7.92 Å². The molecular weight excluding hydrogens is 295 g/mol. The molecule has 1 heteroatoms. The Bertz CT molecular complexity index is 321. The number of hydrogen-bond acceptors (Lipinski definition) is 0. The van der Waals surface area contributed by atoms with E-state index in [4.69, 9.17) is 0 Å². The van der Waals surface area contributed by atoms with Gasteiger partial charge in [0.1, 0.15) is 0 Å². The van der Waals surface area contributed by atoms with Crippen molar-refractivity contribution in [3.63, 3.8) is 0 Å². The molecule has 0 aromatic carbocycles. The highest BCUT2D eigenvalue weighted by atomic mass is 31.1. The fraction of sp³-hybridized carbons (Fsp3) is 1.00. The fourth-order valence-electron chi connectivity index (χ4n) is 6.80. The zero-order chi connectivity index (χ0) is 15.5. The van der Waals surface area contributed by atoms with Crippen LogP contribution in [0.3, 0.4) is 0 Å². The maximum absolute atomic E-state index is 1.65. The first-order valence-corrected chi connectivity index (χ1v) is 12.8. The number of hydrogen-bond donors (Lipinski definition) is 0. The molecule has 0 nitrogen and oxygen atoms in total. The van der Waals surface area contributed by atoms with Crippen LogP contribution in [0.2, 0.25) is 0 Å². The van der Waals surface area contributed by atoms with Crippen LogP contribution in [-0.4, -0.2) is 17.0 Å². The first-order chi connectivity index (χ1) is 11.4. The summed E-state index contributed by atoms with van der Waals surface area (Å²) in [6, 6.07) is 0. The molecule has 0 aromatic heterocycles. The van der Waals surface area contributed by atoms with Crippen LogP contribution in [0.15, 0.2) is 0 Å². The second-order valence-electron chi connectivity index (χ2n) is 9.25. The highest BCUT2D eigenvalue weighted by Crippen LogP contribution is 2.67. The summed E-state index contributed by atoms with van der Waals surface area (Å²) in [5, 5.41) is 0. The van der Waals surface area contributed by atoms with E-state index in [0.717, 1.165) is 11.8 Å². The topological polar surface area (TPSA) is 0 Å². The van der Waals surface area contributed by atoms with E-state index in [-0.39, 0.29) is 0 Å². The van der Waals surface area contributed by atoms with Crippen molar-refractivity contribution in [3.8, 4) is 0 Å². The molecular formula is C22H39P. The summed E-state index contributed by atoms with van der Waals surface area (Å²) in [6.07, 6.45) is 26.9. The Hall–Kier alpha value is 0.430. The molecule has 3 saturated carbocycles. The van der Waals surface area contributed by atoms with Crippen molar-refractivity contribution in [1.82, 2.24) is 0 Å². The predicted octanol–water partition coefficient (Wildman–Crippen LogP) is 7.49. The molecule has 132 valence electrons. The normalized spacial score (nSPS) is 36.5. The van der Waals surface area contributed by atoms with Crippen LogP contribution in [0.5, 0.6) is 0 Å². The van der Waals surface area contributed by atoms with E-state index in [2.05, 4.69) is 0 Å².